The molecule has 0 aromatic carbocycles. The summed E-state index contributed by atoms with van der Waals surface area (Å²) in [6.45, 7) is 72.0. The van der Waals surface area contributed by atoms with Crippen LogP contribution in [0.5, 0.6) is 0 Å². The van der Waals surface area contributed by atoms with Gasteiger partial charge in [-0.2, -0.15) is 0 Å². The van der Waals surface area contributed by atoms with Gasteiger partial charge in [-0.1, -0.05) is 0 Å². The first-order chi connectivity index (χ1) is 16.0. The normalized spacial score (nSPS) is 1.94. The average Bonchev–Trinajstić information content (AvgIpc) is 3.05. The average molecular weight is 551 g/mol. The number of rotatable bonds is 0. The number of hydrogen-bond donors (Lipinski definition) is 0. The molecule has 0 fully saturated rings. The predicted molar refractivity (Wildman–Crippen MR) is 91.1 cm³/mol. The van der Waals surface area contributed by atoms with Crippen molar-refractivity contribution in [3.05, 3.63) is 0 Å². The summed E-state index contributed by atoms with van der Waals surface area (Å²) in [6, 6.07) is 0. The monoisotopic (exact) mass is 551 g/mol. The predicted octanol–water partition coefficient (Wildman–Crippen LogP) is -6.36. The molecule has 0 aromatic rings. The summed E-state index contributed by atoms with van der Waals surface area (Å²) in [5.41, 5.74) is 0. The van der Waals surface area contributed by atoms with Gasteiger partial charge in [0.2, 0.25) is 0 Å². The molecule has 0 atom stereocenters. The molecule has 0 unspecified atom stereocenters. The first-order valence-corrected chi connectivity index (χ1v) is 3.27. The molecule has 33 radical (unpaired) electrons. The maximum atomic E-state index is 7.50. The van der Waals surface area contributed by atoms with Crippen LogP contribution >= 0.6 is 0 Å². The fourth-order valence-corrected chi connectivity index (χ4v) is 0. The van der Waals surface area contributed by atoms with E-state index < -0.39 is 0 Å². The molecule has 0 aliphatic carbocycles. The van der Waals surface area contributed by atoms with Crippen LogP contribution in [-0.2, 0) is 96.2 Å². The maximum absolute atomic E-state index is 7.50. The molecule has 0 aromatic heterocycles. The summed E-state index contributed by atoms with van der Waals surface area (Å²) >= 11 is 0. The van der Waals surface area contributed by atoms with Gasteiger partial charge in [-0.3, -0.25) is 76.7 Å². The van der Waals surface area contributed by atoms with Crippen molar-refractivity contribution in [1.29, 1.82) is 0 Å². The second-order valence-electron chi connectivity index (χ2n) is 0. The van der Waals surface area contributed by atoms with Gasteiger partial charge in [0.15, 0.2) is 0 Å². The van der Waals surface area contributed by atoms with E-state index in [9.17, 15) is 0 Å². The Hall–Kier alpha value is -4.66. The minimum Gasteiger partial charge on any atom is -0.281 e. The van der Waals surface area contributed by atoms with Gasteiger partial charge in [0.25, 0.3) is 109 Å². The van der Waals surface area contributed by atoms with Gasteiger partial charge in [0, 0.05) is 19.5 Å². The molecule has 0 saturated heterocycles. The van der Waals surface area contributed by atoms with Crippen molar-refractivity contribution >= 4 is 109 Å². The van der Waals surface area contributed by atoms with E-state index in [4.69, 9.17) is 76.7 Å². The van der Waals surface area contributed by atoms with Crippen molar-refractivity contribution in [2.45, 2.75) is 0 Å². The first kappa shape index (κ1) is 165. The van der Waals surface area contributed by atoms with E-state index in [1.165, 1.54) is 0 Å². The van der Waals surface area contributed by atoms with Gasteiger partial charge in [-0.05, 0) is 0 Å². The van der Waals surface area contributed by atoms with Crippen LogP contribution in [0, 0.1) is 0 Å². The van der Waals surface area contributed by atoms with Gasteiger partial charge in [-0.25, -0.2) is 0 Å². The van der Waals surface area contributed by atoms with E-state index in [0.717, 1.165) is 0 Å². The summed E-state index contributed by atoms with van der Waals surface area (Å²) in [5.74, 6) is 0. The van der Waals surface area contributed by atoms with E-state index in [2.05, 4.69) is 109 Å². The molecule has 0 saturated carbocycles. The molecular formula is C16O16Rh. The molecule has 16 nitrogen and oxygen atoms in total. The molecule has 33 heavy (non-hydrogen) atoms. The molecule has 0 N–H and O–H groups in total. The molecule has 0 rings (SSSR count). The molecule has 0 bridgehead atoms. The zero-order chi connectivity index (χ0) is 32.0. The molecule has 0 aliphatic rings. The van der Waals surface area contributed by atoms with E-state index >= 15 is 0 Å². The Morgan fingerprint density at radius 2 is 0.121 bits per heavy atom. The van der Waals surface area contributed by atoms with Crippen molar-refractivity contribution in [3.8, 4) is 0 Å². The number of carbonyl (C=O) groups excluding carboxylic acids is 16. The van der Waals surface area contributed by atoms with Crippen LogP contribution in [0.15, 0.2) is 0 Å². The Labute approximate surface area is 205 Å². The topological polar surface area (TPSA) is 273 Å². The van der Waals surface area contributed by atoms with Crippen LogP contribution in [-0.4, -0.2) is 109 Å². The van der Waals surface area contributed by atoms with Crippen LogP contribution in [0.2, 0.25) is 0 Å². The quantitative estimate of drug-likeness (QED) is 0.253. The molecular weight excluding hydrogens is 551 g/mol. The third-order valence-electron chi connectivity index (χ3n) is 0. The molecule has 169 valence electrons. The third kappa shape index (κ3) is 810. The van der Waals surface area contributed by atoms with Crippen LogP contribution in [0.1, 0.15) is 0 Å². The summed E-state index contributed by atoms with van der Waals surface area (Å²) in [6.07, 6.45) is 0. The summed E-state index contributed by atoms with van der Waals surface area (Å²) in [4.78, 5) is 120. The van der Waals surface area contributed by atoms with Gasteiger partial charge < -0.3 is 0 Å². The third-order valence-corrected chi connectivity index (χ3v) is 0. The van der Waals surface area contributed by atoms with E-state index in [0.29, 0.717) is 0 Å². The molecule has 0 heterocycles. The summed E-state index contributed by atoms with van der Waals surface area (Å²) in [7, 11) is 0. The maximum Gasteiger partial charge on any atom is 0.281 e. The van der Waals surface area contributed by atoms with Gasteiger partial charge in [0.05, 0.1) is 0 Å². The van der Waals surface area contributed by atoms with Gasteiger partial charge >= 0.3 is 0 Å². The summed E-state index contributed by atoms with van der Waals surface area (Å²) in [5, 5.41) is 0. The Morgan fingerprint density at radius 1 is 0.121 bits per heavy atom. The molecule has 17 heteroatoms. The van der Waals surface area contributed by atoms with Crippen LogP contribution in [0.25, 0.3) is 0 Å². The fraction of sp³-hybridized carbons (Fsp3) is 0. The van der Waals surface area contributed by atoms with Crippen molar-refractivity contribution in [3.63, 3.8) is 0 Å². The second kappa shape index (κ2) is 875. The van der Waals surface area contributed by atoms with E-state index in [-0.39, 0.29) is 19.5 Å². The van der Waals surface area contributed by atoms with Crippen molar-refractivity contribution < 1.29 is 96.2 Å². The minimum atomic E-state index is 0. The first-order valence-electron chi connectivity index (χ1n) is 3.27. The van der Waals surface area contributed by atoms with Gasteiger partial charge in [0.1, 0.15) is 0 Å². The largest absolute Gasteiger partial charge is 0.281 e. The minimum absolute atomic E-state index is 0. The zero-order valence-corrected chi connectivity index (χ0v) is 16.5. The Morgan fingerprint density at radius 3 is 0.121 bits per heavy atom. The second-order valence-corrected chi connectivity index (χ2v) is 0. The zero-order valence-electron chi connectivity index (χ0n) is 14.9. The van der Waals surface area contributed by atoms with Crippen molar-refractivity contribution in [2.24, 2.45) is 0 Å². The van der Waals surface area contributed by atoms with Crippen LogP contribution in [0.3, 0.4) is 0 Å². The Bertz CT molecular complexity index is 102. The number of hydrogen-bond acceptors (Lipinski definition) is 16. The van der Waals surface area contributed by atoms with E-state index in [1.54, 1.807) is 0 Å². The summed E-state index contributed by atoms with van der Waals surface area (Å²) < 4.78 is 0. The molecule has 0 spiro atoms. The Kier molecular flexibility index (Phi) is 4370. The standard InChI is InChI=1S/16CO.Rh/c16*1-2;. The molecule has 0 amide bonds. The smallest absolute Gasteiger partial charge is 0.281 e. The fourth-order valence-electron chi connectivity index (χ4n) is 0. The SMILES string of the molecule is [C]=O.[C]=O.[C]=O.[C]=O.[C]=O.[C]=O.[C]=O.[C]=O.[C]=O.[C]=O.[C]=O.[C]=O.[C]=O.[C]=O.[C]=O.[C]=O.[Rh]. The van der Waals surface area contributed by atoms with Gasteiger partial charge in [-0.15, -0.1) is 0 Å². The van der Waals surface area contributed by atoms with Crippen LogP contribution < -0.4 is 0 Å². The van der Waals surface area contributed by atoms with Crippen molar-refractivity contribution in [1.82, 2.24) is 0 Å². The van der Waals surface area contributed by atoms with Crippen LogP contribution in [0.4, 0.5) is 0 Å². The Balaban J connectivity index is -0.00000000551. The molecule has 0 aliphatic heterocycles. The van der Waals surface area contributed by atoms with E-state index in [1.807, 2.05) is 0 Å². The van der Waals surface area contributed by atoms with Crippen molar-refractivity contribution in [2.75, 3.05) is 0 Å².